The van der Waals surface area contributed by atoms with Gasteiger partial charge in [0.1, 0.15) is 5.82 Å². The van der Waals surface area contributed by atoms with Gasteiger partial charge in [0, 0.05) is 56.8 Å². The molecule has 9 nitrogen and oxygen atoms in total. The fourth-order valence-electron chi connectivity index (χ4n) is 3.49. The molecular formula is C20H21F3N4O5S. The number of rotatable bonds is 7. The fourth-order valence-corrected chi connectivity index (χ4v) is 4.92. The number of nitrogens with zero attached hydrogens (tertiary/aromatic N) is 3. The highest BCUT2D eigenvalue weighted by molar-refractivity contribution is 7.89. The Balaban J connectivity index is 1.56. The van der Waals surface area contributed by atoms with Gasteiger partial charge < -0.3 is 10.6 Å². The van der Waals surface area contributed by atoms with E-state index in [-0.39, 0.29) is 61.1 Å². The van der Waals surface area contributed by atoms with E-state index in [1.54, 1.807) is 0 Å². The summed E-state index contributed by atoms with van der Waals surface area (Å²) in [5.41, 5.74) is 5.51. The summed E-state index contributed by atoms with van der Waals surface area (Å²) in [6.07, 6.45) is -0.364. The first kappa shape index (κ1) is 24.6. The zero-order chi connectivity index (χ0) is 24.3. The summed E-state index contributed by atoms with van der Waals surface area (Å²) in [6, 6.07) is 4.79. The second kappa shape index (κ2) is 9.85. The number of piperazine rings is 1. The Kier molecular flexibility index (Phi) is 7.34. The number of non-ortho nitro benzene ring substituents is 1. The molecule has 33 heavy (non-hydrogen) atoms. The van der Waals surface area contributed by atoms with E-state index in [0.717, 1.165) is 24.3 Å². The van der Waals surface area contributed by atoms with Crippen LogP contribution in [0, 0.1) is 27.6 Å². The summed E-state index contributed by atoms with van der Waals surface area (Å²) < 4.78 is 66.8. The monoisotopic (exact) mass is 486 g/mol. The van der Waals surface area contributed by atoms with Crippen LogP contribution in [-0.4, -0.2) is 60.7 Å². The van der Waals surface area contributed by atoms with Gasteiger partial charge in [0.05, 0.1) is 9.82 Å². The number of benzene rings is 2. The summed E-state index contributed by atoms with van der Waals surface area (Å²) >= 11 is 0. The van der Waals surface area contributed by atoms with Crippen molar-refractivity contribution in [2.75, 3.05) is 26.2 Å². The molecule has 3 rings (SSSR count). The number of nitrogens with two attached hydrogens (primary N) is 1. The molecule has 0 bridgehead atoms. The predicted octanol–water partition coefficient (Wildman–Crippen LogP) is 1.81. The van der Waals surface area contributed by atoms with Gasteiger partial charge in [-0.1, -0.05) is 0 Å². The number of hydrogen-bond donors (Lipinski definition) is 1. The number of halogens is 3. The van der Waals surface area contributed by atoms with Crippen LogP contribution >= 0.6 is 0 Å². The number of amides is 1. The lowest BCUT2D eigenvalue weighted by atomic mass is 10.0. The molecule has 0 spiro atoms. The first-order valence-corrected chi connectivity index (χ1v) is 11.3. The molecule has 0 saturated carbocycles. The van der Waals surface area contributed by atoms with Crippen molar-refractivity contribution < 1.29 is 31.3 Å². The summed E-state index contributed by atoms with van der Waals surface area (Å²) in [6.45, 7) is 0.213. The van der Waals surface area contributed by atoms with Crippen molar-refractivity contribution >= 4 is 21.6 Å². The smallest absolute Gasteiger partial charge is 0.269 e. The number of hydrogen-bond acceptors (Lipinski definition) is 6. The molecule has 1 amide bonds. The second-order valence-electron chi connectivity index (χ2n) is 7.56. The van der Waals surface area contributed by atoms with Crippen molar-refractivity contribution in [1.29, 1.82) is 0 Å². The average molecular weight is 486 g/mol. The standard InChI is InChI=1S/C20H21F3N4O5S/c21-17-12-19(23)18(22)10-13(17)9-14(24)11-20(28)25-5-7-26(8-6-25)33(31,32)16-3-1-15(2-4-16)27(29)30/h1-4,10,12,14H,5-9,11,24H2/t14-/m1/s1. The SMILES string of the molecule is N[C@@H](CC(=O)N1CCN(S(=O)(=O)c2ccc([N+](=O)[O-])cc2)CC1)Cc1cc(F)c(F)cc1F. The molecule has 178 valence electrons. The number of nitro groups is 1. The number of carbonyl (C=O) groups excluding carboxylic acids is 1. The summed E-state index contributed by atoms with van der Waals surface area (Å²) in [7, 11) is -3.89. The molecule has 0 aliphatic carbocycles. The molecular weight excluding hydrogens is 465 g/mol. The van der Waals surface area contributed by atoms with E-state index in [1.807, 2.05) is 0 Å². The Hall–Kier alpha value is -3.03. The first-order chi connectivity index (χ1) is 15.5. The van der Waals surface area contributed by atoms with Gasteiger partial charge in [0.2, 0.25) is 15.9 Å². The van der Waals surface area contributed by atoms with Crippen LogP contribution < -0.4 is 5.73 Å². The van der Waals surface area contributed by atoms with Crippen molar-refractivity contribution in [3.05, 3.63) is 69.5 Å². The van der Waals surface area contributed by atoms with Crippen molar-refractivity contribution in [2.45, 2.75) is 23.8 Å². The minimum atomic E-state index is -3.89. The minimum Gasteiger partial charge on any atom is -0.340 e. The first-order valence-electron chi connectivity index (χ1n) is 9.90. The molecule has 2 N–H and O–H groups in total. The van der Waals surface area contributed by atoms with Gasteiger partial charge in [0.25, 0.3) is 5.69 Å². The highest BCUT2D eigenvalue weighted by Gasteiger charge is 2.31. The van der Waals surface area contributed by atoms with Crippen LogP contribution in [0.3, 0.4) is 0 Å². The van der Waals surface area contributed by atoms with E-state index in [2.05, 4.69) is 0 Å². The largest absolute Gasteiger partial charge is 0.340 e. The van der Waals surface area contributed by atoms with Gasteiger partial charge in [-0.3, -0.25) is 14.9 Å². The van der Waals surface area contributed by atoms with E-state index in [1.165, 1.54) is 9.21 Å². The third-order valence-electron chi connectivity index (χ3n) is 5.28. The maximum Gasteiger partial charge on any atom is 0.269 e. The Morgan fingerprint density at radius 3 is 2.18 bits per heavy atom. The number of nitro benzene ring substituents is 1. The Morgan fingerprint density at radius 2 is 1.61 bits per heavy atom. The third kappa shape index (κ3) is 5.67. The predicted molar refractivity (Wildman–Crippen MR) is 111 cm³/mol. The highest BCUT2D eigenvalue weighted by atomic mass is 32.2. The molecule has 1 saturated heterocycles. The maximum absolute atomic E-state index is 13.8. The van der Waals surface area contributed by atoms with Crippen molar-refractivity contribution in [3.63, 3.8) is 0 Å². The quantitative estimate of drug-likeness (QED) is 0.361. The molecule has 1 aliphatic rings. The average Bonchev–Trinajstić information content (AvgIpc) is 2.77. The summed E-state index contributed by atoms with van der Waals surface area (Å²) in [5, 5.41) is 10.7. The van der Waals surface area contributed by atoms with E-state index in [0.29, 0.717) is 12.1 Å². The summed E-state index contributed by atoms with van der Waals surface area (Å²) in [5.74, 6) is -3.86. The van der Waals surface area contributed by atoms with E-state index < -0.39 is 38.4 Å². The maximum atomic E-state index is 13.8. The van der Waals surface area contributed by atoms with Gasteiger partial charge in [-0.15, -0.1) is 0 Å². The second-order valence-corrected chi connectivity index (χ2v) is 9.50. The topological polar surface area (TPSA) is 127 Å². The lowest BCUT2D eigenvalue weighted by Gasteiger charge is -2.34. The Morgan fingerprint density at radius 1 is 1.03 bits per heavy atom. The number of carbonyl (C=O) groups is 1. The molecule has 0 aromatic heterocycles. The summed E-state index contributed by atoms with van der Waals surface area (Å²) in [4.78, 5) is 23.9. The van der Waals surface area contributed by atoms with Gasteiger partial charge in [0.15, 0.2) is 11.6 Å². The normalized spacial score (nSPS) is 15.9. The zero-order valence-electron chi connectivity index (χ0n) is 17.3. The molecule has 0 unspecified atom stereocenters. The molecule has 1 aliphatic heterocycles. The lowest BCUT2D eigenvalue weighted by molar-refractivity contribution is -0.384. The number of sulfonamides is 1. The van der Waals surface area contributed by atoms with Crippen LogP contribution in [0.4, 0.5) is 18.9 Å². The third-order valence-corrected chi connectivity index (χ3v) is 7.20. The van der Waals surface area contributed by atoms with Crippen molar-refractivity contribution in [3.8, 4) is 0 Å². The lowest BCUT2D eigenvalue weighted by Crippen LogP contribution is -2.51. The van der Waals surface area contributed by atoms with Crippen LogP contribution in [0.5, 0.6) is 0 Å². The Labute approximate surface area is 187 Å². The van der Waals surface area contributed by atoms with Crippen LogP contribution in [-0.2, 0) is 21.2 Å². The van der Waals surface area contributed by atoms with Gasteiger partial charge in [-0.25, -0.2) is 21.6 Å². The fraction of sp³-hybridized carbons (Fsp3) is 0.350. The van der Waals surface area contributed by atoms with Crippen LogP contribution in [0.15, 0.2) is 41.3 Å². The minimum absolute atomic E-state index is 0.0120. The van der Waals surface area contributed by atoms with E-state index in [9.17, 15) is 36.5 Å². The van der Waals surface area contributed by atoms with Crippen molar-refractivity contribution in [1.82, 2.24) is 9.21 Å². The van der Waals surface area contributed by atoms with Crippen molar-refractivity contribution in [2.24, 2.45) is 5.73 Å². The van der Waals surface area contributed by atoms with E-state index in [4.69, 9.17) is 5.73 Å². The van der Waals surface area contributed by atoms with Crippen LogP contribution in [0.2, 0.25) is 0 Å². The highest BCUT2D eigenvalue weighted by Crippen LogP contribution is 2.21. The molecule has 1 fully saturated rings. The van der Waals surface area contributed by atoms with E-state index >= 15 is 0 Å². The molecule has 0 radical (unpaired) electrons. The molecule has 2 aromatic rings. The van der Waals surface area contributed by atoms with Gasteiger partial charge in [-0.2, -0.15) is 4.31 Å². The van der Waals surface area contributed by atoms with Gasteiger partial charge >= 0.3 is 0 Å². The molecule has 2 aromatic carbocycles. The van der Waals surface area contributed by atoms with Gasteiger partial charge in [-0.05, 0) is 30.2 Å². The Bertz CT molecular complexity index is 1150. The molecule has 1 atom stereocenters. The molecule has 1 heterocycles. The van der Waals surface area contributed by atoms with Crippen LogP contribution in [0.25, 0.3) is 0 Å². The van der Waals surface area contributed by atoms with Crippen LogP contribution in [0.1, 0.15) is 12.0 Å². The zero-order valence-corrected chi connectivity index (χ0v) is 18.1. The molecule has 13 heteroatoms.